The lowest BCUT2D eigenvalue weighted by Crippen LogP contribution is -2.63. The molecule has 0 spiro atoms. The number of esters is 1. The van der Waals surface area contributed by atoms with Crippen molar-refractivity contribution in [1.82, 2.24) is 0 Å². The normalized spacial score (nSPS) is 46.5. The van der Waals surface area contributed by atoms with Crippen molar-refractivity contribution < 1.29 is 29.0 Å². The summed E-state index contributed by atoms with van der Waals surface area (Å²) in [4.78, 5) is 49.5. The van der Waals surface area contributed by atoms with Crippen LogP contribution < -0.4 is 0 Å². The molecular weight excluding hydrogens is 372 g/mol. The minimum Gasteiger partial charge on any atom is -0.458 e. The van der Waals surface area contributed by atoms with Gasteiger partial charge in [-0.3, -0.25) is 19.2 Å². The number of ether oxygens (including phenoxy) is 1. The van der Waals surface area contributed by atoms with Crippen LogP contribution in [0.2, 0.25) is 0 Å². The molecule has 4 rings (SSSR count). The maximum atomic E-state index is 13.5. The molecule has 4 fully saturated rings. The van der Waals surface area contributed by atoms with Gasteiger partial charge in [0.25, 0.3) is 0 Å². The quantitative estimate of drug-likeness (QED) is 0.726. The number of fused-ring (bicyclic) bond motifs is 5. The van der Waals surface area contributed by atoms with Crippen LogP contribution in [-0.4, -0.2) is 40.6 Å². The molecule has 0 aliphatic heterocycles. The van der Waals surface area contributed by atoms with E-state index in [0.717, 1.165) is 19.3 Å². The van der Waals surface area contributed by atoms with E-state index in [1.54, 1.807) is 6.92 Å². The molecule has 4 saturated carbocycles. The second-order valence-corrected chi connectivity index (χ2v) is 10.3. The average molecular weight is 405 g/mol. The monoisotopic (exact) mass is 404 g/mol. The topological polar surface area (TPSA) is 97.7 Å². The number of hydrogen-bond donors (Lipinski definition) is 1. The first-order valence-electron chi connectivity index (χ1n) is 11.0. The highest BCUT2D eigenvalue weighted by atomic mass is 16.5. The van der Waals surface area contributed by atoms with Crippen molar-refractivity contribution in [2.24, 2.45) is 34.5 Å². The molecule has 0 aromatic heterocycles. The third-order valence-electron chi connectivity index (χ3n) is 9.35. The average Bonchev–Trinajstić information content (AvgIpc) is 2.95. The van der Waals surface area contributed by atoms with Gasteiger partial charge in [-0.05, 0) is 68.1 Å². The second-order valence-electron chi connectivity index (χ2n) is 10.3. The Hall–Kier alpha value is -1.56. The van der Waals surface area contributed by atoms with Gasteiger partial charge in [-0.25, -0.2) is 0 Å². The molecule has 29 heavy (non-hydrogen) atoms. The van der Waals surface area contributed by atoms with Crippen molar-refractivity contribution in [3.8, 4) is 0 Å². The van der Waals surface area contributed by atoms with Gasteiger partial charge in [-0.15, -0.1) is 0 Å². The molecule has 4 aliphatic carbocycles. The van der Waals surface area contributed by atoms with Gasteiger partial charge in [0.15, 0.2) is 6.61 Å². The number of hydrogen-bond acceptors (Lipinski definition) is 6. The lowest BCUT2D eigenvalue weighted by Gasteiger charge is -2.60. The van der Waals surface area contributed by atoms with Crippen molar-refractivity contribution in [1.29, 1.82) is 0 Å². The first kappa shape index (κ1) is 20.7. The minimum atomic E-state index is -1.77. The Morgan fingerprint density at radius 2 is 1.79 bits per heavy atom. The van der Waals surface area contributed by atoms with Crippen LogP contribution in [0.1, 0.15) is 72.1 Å². The van der Waals surface area contributed by atoms with Crippen molar-refractivity contribution in [3.63, 3.8) is 0 Å². The molecule has 0 heterocycles. The molecule has 6 heteroatoms. The molecule has 0 saturated heterocycles. The van der Waals surface area contributed by atoms with E-state index in [2.05, 4.69) is 6.92 Å². The summed E-state index contributed by atoms with van der Waals surface area (Å²) in [5, 5.41) is 11.4. The van der Waals surface area contributed by atoms with Gasteiger partial charge < -0.3 is 9.84 Å². The van der Waals surface area contributed by atoms with Crippen LogP contribution in [0, 0.1) is 34.5 Å². The number of ketones is 3. The molecule has 0 unspecified atom stereocenters. The predicted octanol–water partition coefficient (Wildman–Crippen LogP) is 2.64. The summed E-state index contributed by atoms with van der Waals surface area (Å²) >= 11 is 0. The lowest BCUT2D eigenvalue weighted by molar-refractivity contribution is -0.181. The van der Waals surface area contributed by atoms with Crippen LogP contribution in [-0.2, 0) is 23.9 Å². The molecule has 0 bridgehead atoms. The minimum absolute atomic E-state index is 0.0176. The highest BCUT2D eigenvalue weighted by Gasteiger charge is 2.70. The largest absolute Gasteiger partial charge is 0.458 e. The SMILES string of the molecule is CC(=O)OCC(=O)[C@@]1(O)CC[C@H]2[C@@H]3CC[C@H]4CC(=O)CC[C@]4(C)[C@H]3CC(=O)[C@@]21C. The summed E-state index contributed by atoms with van der Waals surface area (Å²) in [5.74, 6) is -0.0534. The Labute approximate surface area is 171 Å². The number of aliphatic hydroxyl groups is 1. The Kier molecular flexibility index (Phi) is 4.80. The number of Topliss-reactive ketones (excluding diaryl/α,β-unsaturated/α-hetero) is 3. The van der Waals surface area contributed by atoms with Crippen molar-refractivity contribution in [2.45, 2.75) is 77.7 Å². The van der Waals surface area contributed by atoms with Gasteiger partial charge in [-0.1, -0.05) is 6.92 Å². The Morgan fingerprint density at radius 3 is 2.48 bits per heavy atom. The number of carbonyl (C=O) groups excluding carboxylic acids is 4. The van der Waals surface area contributed by atoms with Crippen molar-refractivity contribution in [2.75, 3.05) is 6.61 Å². The predicted molar refractivity (Wildman–Crippen MR) is 104 cm³/mol. The van der Waals surface area contributed by atoms with Gasteiger partial charge >= 0.3 is 5.97 Å². The summed E-state index contributed by atoms with van der Waals surface area (Å²) in [5.41, 5.74) is -2.91. The molecule has 160 valence electrons. The van der Waals surface area contributed by atoms with Crippen LogP contribution in [0.4, 0.5) is 0 Å². The van der Waals surface area contributed by atoms with Gasteiger partial charge in [-0.2, -0.15) is 0 Å². The zero-order chi connectivity index (χ0) is 21.2. The first-order valence-corrected chi connectivity index (χ1v) is 11.0. The fourth-order valence-electron chi connectivity index (χ4n) is 7.52. The Balaban J connectivity index is 1.64. The standard InChI is InChI=1S/C23H32O6/c1-13(24)29-12-20(27)23(28)9-7-17-16-5-4-14-10-15(25)6-8-21(14,2)18(16)11-19(26)22(17,23)3/h14,16-18,28H,4-12H2,1-3H3/t14-,16-,17-,18-,21-,22+,23-/m0/s1. The Morgan fingerprint density at radius 1 is 1.07 bits per heavy atom. The second kappa shape index (κ2) is 6.73. The summed E-state index contributed by atoms with van der Waals surface area (Å²) < 4.78 is 4.85. The van der Waals surface area contributed by atoms with E-state index < -0.39 is 29.4 Å². The smallest absolute Gasteiger partial charge is 0.303 e. The lowest BCUT2D eigenvalue weighted by atomic mass is 9.44. The van der Waals surface area contributed by atoms with Crippen LogP contribution in [0.25, 0.3) is 0 Å². The number of rotatable bonds is 3. The van der Waals surface area contributed by atoms with E-state index >= 15 is 0 Å². The first-order chi connectivity index (χ1) is 13.5. The maximum absolute atomic E-state index is 13.5. The summed E-state index contributed by atoms with van der Waals surface area (Å²) in [7, 11) is 0. The van der Waals surface area contributed by atoms with Gasteiger partial charge in [0, 0.05) is 26.2 Å². The molecule has 0 amide bonds. The van der Waals surface area contributed by atoms with Crippen LogP contribution in [0.15, 0.2) is 0 Å². The summed E-state index contributed by atoms with van der Waals surface area (Å²) in [6, 6.07) is 0. The molecule has 0 aromatic carbocycles. The van der Waals surface area contributed by atoms with Crippen molar-refractivity contribution in [3.05, 3.63) is 0 Å². The fraction of sp³-hybridized carbons (Fsp3) is 0.826. The molecule has 7 atom stereocenters. The highest BCUT2D eigenvalue weighted by molar-refractivity contribution is 5.99. The van der Waals surface area contributed by atoms with Crippen LogP contribution >= 0.6 is 0 Å². The van der Waals surface area contributed by atoms with E-state index in [-0.39, 0.29) is 35.4 Å². The van der Waals surface area contributed by atoms with Gasteiger partial charge in [0.2, 0.25) is 5.78 Å². The third kappa shape index (κ3) is 2.77. The van der Waals surface area contributed by atoms with Crippen LogP contribution in [0.5, 0.6) is 0 Å². The molecule has 0 radical (unpaired) electrons. The highest BCUT2D eigenvalue weighted by Crippen LogP contribution is 2.67. The van der Waals surface area contributed by atoms with Crippen molar-refractivity contribution >= 4 is 23.3 Å². The molecule has 1 N–H and O–H groups in total. The van der Waals surface area contributed by atoms with Gasteiger partial charge in [0.1, 0.15) is 17.2 Å². The molecule has 0 aromatic rings. The molecular formula is C23H32O6. The molecule has 4 aliphatic rings. The van der Waals surface area contributed by atoms with E-state index in [1.807, 2.05) is 0 Å². The van der Waals surface area contributed by atoms with Gasteiger partial charge in [0.05, 0.1) is 5.41 Å². The molecule has 6 nitrogen and oxygen atoms in total. The summed E-state index contributed by atoms with van der Waals surface area (Å²) in [6.45, 7) is 4.75. The third-order valence-corrected chi connectivity index (χ3v) is 9.35. The zero-order valence-electron chi connectivity index (χ0n) is 17.7. The van der Waals surface area contributed by atoms with E-state index in [4.69, 9.17) is 4.74 Å². The number of carbonyl (C=O) groups is 4. The van der Waals surface area contributed by atoms with Crippen LogP contribution in [0.3, 0.4) is 0 Å². The maximum Gasteiger partial charge on any atom is 0.303 e. The zero-order valence-corrected chi connectivity index (χ0v) is 17.7. The fourth-order valence-corrected chi connectivity index (χ4v) is 7.52. The van der Waals surface area contributed by atoms with E-state index in [1.165, 1.54) is 6.92 Å². The Bertz CT molecular complexity index is 773. The van der Waals surface area contributed by atoms with E-state index in [0.29, 0.717) is 37.4 Å². The van der Waals surface area contributed by atoms with E-state index in [9.17, 15) is 24.3 Å². The summed E-state index contributed by atoms with van der Waals surface area (Å²) in [6.07, 6.45) is 5.21.